The number of nitrogens with zero attached hydrogens (tertiary/aromatic N) is 2. The standard InChI is InChI=1S/C21H18N2O4S/c1-26-11-10-23-20(24)19(28-21(23)25)12-15-6-4-5-9-18(15)27-14-17-8-3-2-7-16(17)13-22/h2-9,12H,10-11,14H2,1H3/b19-12+. The van der Waals surface area contributed by atoms with Crippen LogP contribution in [0.3, 0.4) is 0 Å². The van der Waals surface area contributed by atoms with Crippen LogP contribution in [0.2, 0.25) is 0 Å². The van der Waals surface area contributed by atoms with Crippen molar-refractivity contribution in [1.82, 2.24) is 4.90 Å². The van der Waals surface area contributed by atoms with Crippen molar-refractivity contribution in [3.05, 3.63) is 70.1 Å². The number of methoxy groups -OCH3 is 1. The lowest BCUT2D eigenvalue weighted by Gasteiger charge is -2.11. The molecule has 0 radical (unpaired) electrons. The molecule has 0 N–H and O–H groups in total. The lowest BCUT2D eigenvalue weighted by molar-refractivity contribution is -0.123. The van der Waals surface area contributed by atoms with Gasteiger partial charge in [-0.2, -0.15) is 5.26 Å². The molecule has 1 saturated heterocycles. The van der Waals surface area contributed by atoms with Gasteiger partial charge in [-0.15, -0.1) is 0 Å². The number of ether oxygens (including phenoxy) is 2. The van der Waals surface area contributed by atoms with Crippen molar-refractivity contribution in [3.63, 3.8) is 0 Å². The fourth-order valence-corrected chi connectivity index (χ4v) is 3.51. The molecule has 2 aromatic carbocycles. The first-order chi connectivity index (χ1) is 13.6. The highest BCUT2D eigenvalue weighted by Crippen LogP contribution is 2.34. The molecule has 1 aliphatic rings. The summed E-state index contributed by atoms with van der Waals surface area (Å²) in [5, 5.41) is 8.89. The summed E-state index contributed by atoms with van der Waals surface area (Å²) in [4.78, 5) is 26.1. The Hall–Kier alpha value is -3.08. The van der Waals surface area contributed by atoms with E-state index in [-0.39, 0.29) is 24.3 Å². The van der Waals surface area contributed by atoms with Crippen LogP contribution in [0.15, 0.2) is 53.4 Å². The minimum Gasteiger partial charge on any atom is -0.488 e. The summed E-state index contributed by atoms with van der Waals surface area (Å²) in [6, 6.07) is 16.6. The normalized spacial score (nSPS) is 15.1. The summed E-state index contributed by atoms with van der Waals surface area (Å²) in [7, 11) is 1.52. The van der Waals surface area contributed by atoms with Crippen molar-refractivity contribution in [1.29, 1.82) is 5.26 Å². The summed E-state index contributed by atoms with van der Waals surface area (Å²) in [6.45, 7) is 0.745. The molecule has 0 spiro atoms. The van der Waals surface area contributed by atoms with E-state index in [2.05, 4.69) is 6.07 Å². The van der Waals surface area contributed by atoms with Gasteiger partial charge in [0, 0.05) is 18.2 Å². The zero-order valence-electron chi connectivity index (χ0n) is 15.3. The summed E-state index contributed by atoms with van der Waals surface area (Å²) < 4.78 is 10.8. The van der Waals surface area contributed by atoms with Gasteiger partial charge in [0.25, 0.3) is 11.1 Å². The van der Waals surface area contributed by atoms with E-state index in [0.717, 1.165) is 17.3 Å². The highest BCUT2D eigenvalue weighted by Gasteiger charge is 2.34. The van der Waals surface area contributed by atoms with Crippen LogP contribution in [0.5, 0.6) is 5.75 Å². The van der Waals surface area contributed by atoms with Crippen LogP contribution in [0.4, 0.5) is 4.79 Å². The Labute approximate surface area is 167 Å². The number of para-hydroxylation sites is 1. The van der Waals surface area contributed by atoms with Gasteiger partial charge in [-0.25, -0.2) is 0 Å². The molecule has 1 fully saturated rings. The third kappa shape index (κ3) is 4.42. The Morgan fingerprint density at radius 2 is 1.89 bits per heavy atom. The molecule has 0 atom stereocenters. The van der Waals surface area contributed by atoms with Crippen molar-refractivity contribution in [3.8, 4) is 11.8 Å². The maximum absolute atomic E-state index is 12.5. The van der Waals surface area contributed by atoms with Crippen LogP contribution in [0.1, 0.15) is 16.7 Å². The van der Waals surface area contributed by atoms with Gasteiger partial charge < -0.3 is 9.47 Å². The molecule has 142 valence electrons. The molecule has 0 aliphatic carbocycles. The Morgan fingerprint density at radius 1 is 1.14 bits per heavy atom. The topological polar surface area (TPSA) is 79.6 Å². The van der Waals surface area contributed by atoms with Crippen LogP contribution >= 0.6 is 11.8 Å². The van der Waals surface area contributed by atoms with Gasteiger partial charge in [0.05, 0.1) is 29.7 Å². The number of carbonyl (C=O) groups is 2. The number of imide groups is 1. The van der Waals surface area contributed by atoms with E-state index >= 15 is 0 Å². The molecule has 0 saturated carbocycles. The van der Waals surface area contributed by atoms with Gasteiger partial charge >= 0.3 is 0 Å². The van der Waals surface area contributed by atoms with E-state index in [1.807, 2.05) is 30.3 Å². The van der Waals surface area contributed by atoms with Crippen LogP contribution in [0.25, 0.3) is 6.08 Å². The number of thioether (sulfide) groups is 1. The van der Waals surface area contributed by atoms with Crippen molar-refractivity contribution in [2.24, 2.45) is 0 Å². The molecule has 0 unspecified atom stereocenters. The quantitative estimate of drug-likeness (QED) is 0.664. The summed E-state index contributed by atoms with van der Waals surface area (Å²) >= 11 is 0.901. The summed E-state index contributed by atoms with van der Waals surface area (Å²) in [5.74, 6) is 0.232. The SMILES string of the molecule is COCCN1C(=O)S/C(=C/c2ccccc2OCc2ccccc2C#N)C1=O. The predicted molar refractivity (Wildman–Crippen MR) is 106 cm³/mol. The maximum Gasteiger partial charge on any atom is 0.293 e. The summed E-state index contributed by atoms with van der Waals surface area (Å²) in [5.41, 5.74) is 2.02. The Bertz CT molecular complexity index is 965. The zero-order chi connectivity index (χ0) is 19.9. The van der Waals surface area contributed by atoms with Crippen molar-refractivity contribution in [2.45, 2.75) is 6.61 Å². The molecule has 28 heavy (non-hydrogen) atoms. The number of nitriles is 1. The zero-order valence-corrected chi connectivity index (χ0v) is 16.1. The second-order valence-corrected chi connectivity index (χ2v) is 6.91. The van der Waals surface area contributed by atoms with E-state index < -0.39 is 0 Å². The first-order valence-electron chi connectivity index (χ1n) is 8.58. The molecule has 1 aliphatic heterocycles. The van der Waals surface area contributed by atoms with E-state index in [1.54, 1.807) is 24.3 Å². The second kappa shape index (κ2) is 9.22. The van der Waals surface area contributed by atoms with Gasteiger partial charge in [0.1, 0.15) is 12.4 Å². The number of carbonyl (C=O) groups excluding carboxylic acids is 2. The minimum absolute atomic E-state index is 0.224. The molecular formula is C21H18N2O4S. The van der Waals surface area contributed by atoms with Gasteiger partial charge in [0.2, 0.25) is 0 Å². The third-order valence-corrected chi connectivity index (χ3v) is 5.03. The van der Waals surface area contributed by atoms with Gasteiger partial charge in [-0.05, 0) is 30.0 Å². The Kier molecular flexibility index (Phi) is 6.48. The van der Waals surface area contributed by atoms with Crippen LogP contribution in [-0.4, -0.2) is 36.3 Å². The van der Waals surface area contributed by atoms with Crippen LogP contribution in [-0.2, 0) is 16.1 Å². The fraction of sp³-hybridized carbons (Fsp3) is 0.190. The number of hydrogen-bond donors (Lipinski definition) is 0. The Balaban J connectivity index is 1.79. The first-order valence-corrected chi connectivity index (χ1v) is 9.40. The molecule has 0 bridgehead atoms. The van der Waals surface area contributed by atoms with E-state index in [9.17, 15) is 14.9 Å². The molecule has 1 heterocycles. The lowest BCUT2D eigenvalue weighted by Crippen LogP contribution is -2.31. The molecule has 6 nitrogen and oxygen atoms in total. The average molecular weight is 394 g/mol. The third-order valence-electron chi connectivity index (χ3n) is 4.12. The molecule has 7 heteroatoms. The highest BCUT2D eigenvalue weighted by molar-refractivity contribution is 8.18. The predicted octanol–water partition coefficient (Wildman–Crippen LogP) is 3.82. The number of benzene rings is 2. The van der Waals surface area contributed by atoms with E-state index in [1.165, 1.54) is 12.0 Å². The fourth-order valence-electron chi connectivity index (χ4n) is 2.66. The molecule has 3 rings (SSSR count). The molecule has 0 aromatic heterocycles. The van der Waals surface area contributed by atoms with E-state index in [0.29, 0.717) is 28.4 Å². The molecule has 2 amide bonds. The van der Waals surface area contributed by atoms with Gasteiger partial charge in [-0.1, -0.05) is 36.4 Å². The maximum atomic E-state index is 12.5. The largest absolute Gasteiger partial charge is 0.488 e. The van der Waals surface area contributed by atoms with E-state index in [4.69, 9.17) is 9.47 Å². The molecular weight excluding hydrogens is 376 g/mol. The monoisotopic (exact) mass is 394 g/mol. The highest BCUT2D eigenvalue weighted by atomic mass is 32.2. The van der Waals surface area contributed by atoms with Crippen LogP contribution < -0.4 is 4.74 Å². The van der Waals surface area contributed by atoms with Crippen molar-refractivity contribution >= 4 is 29.0 Å². The van der Waals surface area contributed by atoms with Crippen molar-refractivity contribution < 1.29 is 19.1 Å². The summed E-state index contributed by atoms with van der Waals surface area (Å²) in [6.07, 6.45) is 1.66. The van der Waals surface area contributed by atoms with Crippen molar-refractivity contribution in [2.75, 3.05) is 20.3 Å². The number of amides is 2. The lowest BCUT2D eigenvalue weighted by atomic mass is 10.1. The number of rotatable bonds is 7. The minimum atomic E-state index is -0.336. The second-order valence-electron chi connectivity index (χ2n) is 5.92. The average Bonchev–Trinajstić information content (AvgIpc) is 2.98. The first kappa shape index (κ1) is 19.7. The number of hydrogen-bond acceptors (Lipinski definition) is 6. The Morgan fingerprint density at radius 3 is 2.68 bits per heavy atom. The van der Waals surface area contributed by atoms with Crippen LogP contribution in [0, 0.1) is 11.3 Å². The smallest absolute Gasteiger partial charge is 0.293 e. The van der Waals surface area contributed by atoms with Gasteiger partial charge in [-0.3, -0.25) is 14.5 Å². The molecule has 2 aromatic rings. The van der Waals surface area contributed by atoms with Gasteiger partial charge in [0.15, 0.2) is 0 Å².